The molecule has 4 heteroatoms. The zero-order valence-electron chi connectivity index (χ0n) is 9.85. The highest BCUT2D eigenvalue weighted by atomic mass is 16.5. The van der Waals surface area contributed by atoms with E-state index in [1.54, 1.807) is 0 Å². The second-order valence-electron chi connectivity index (χ2n) is 4.79. The van der Waals surface area contributed by atoms with Gasteiger partial charge in [0.1, 0.15) is 6.04 Å². The Bertz CT molecular complexity index is 409. The Labute approximate surface area is 100 Å². The molecule has 92 valence electrons. The SMILES string of the molecule is Cc1ccc(C2(CC(N)C(=O)O)COC2)cc1. The molecule has 17 heavy (non-hydrogen) atoms. The zero-order chi connectivity index (χ0) is 12.5. The summed E-state index contributed by atoms with van der Waals surface area (Å²) in [5, 5.41) is 8.89. The molecule has 1 fully saturated rings. The number of aryl methyl sites for hydroxylation is 1. The van der Waals surface area contributed by atoms with Gasteiger partial charge in [-0.1, -0.05) is 29.8 Å². The number of carboxylic acid groups (broad SMARTS) is 1. The molecule has 0 radical (unpaired) electrons. The second-order valence-corrected chi connectivity index (χ2v) is 4.79. The van der Waals surface area contributed by atoms with E-state index in [0.717, 1.165) is 5.56 Å². The Morgan fingerprint density at radius 1 is 1.47 bits per heavy atom. The van der Waals surface area contributed by atoms with Crippen LogP contribution in [0.15, 0.2) is 24.3 Å². The third-order valence-corrected chi connectivity index (χ3v) is 3.35. The monoisotopic (exact) mass is 235 g/mol. The fourth-order valence-electron chi connectivity index (χ4n) is 2.17. The molecule has 0 bridgehead atoms. The van der Waals surface area contributed by atoms with Gasteiger partial charge in [-0.05, 0) is 18.9 Å². The maximum Gasteiger partial charge on any atom is 0.320 e. The van der Waals surface area contributed by atoms with Crippen LogP contribution in [0.25, 0.3) is 0 Å². The van der Waals surface area contributed by atoms with Crippen LogP contribution in [0.1, 0.15) is 17.5 Å². The third-order valence-electron chi connectivity index (χ3n) is 3.35. The quantitative estimate of drug-likeness (QED) is 0.818. The molecule has 1 aliphatic rings. The topological polar surface area (TPSA) is 72.6 Å². The fourth-order valence-corrected chi connectivity index (χ4v) is 2.17. The van der Waals surface area contributed by atoms with E-state index < -0.39 is 12.0 Å². The molecule has 1 heterocycles. The van der Waals surface area contributed by atoms with Crippen LogP contribution in [0, 0.1) is 6.92 Å². The lowest BCUT2D eigenvalue weighted by atomic mass is 9.74. The van der Waals surface area contributed by atoms with Crippen LogP contribution in [-0.2, 0) is 14.9 Å². The van der Waals surface area contributed by atoms with E-state index in [0.29, 0.717) is 19.6 Å². The molecule has 1 unspecified atom stereocenters. The van der Waals surface area contributed by atoms with Crippen molar-refractivity contribution < 1.29 is 14.6 Å². The van der Waals surface area contributed by atoms with Crippen molar-refractivity contribution in [2.45, 2.75) is 24.8 Å². The smallest absolute Gasteiger partial charge is 0.320 e. The second kappa shape index (κ2) is 4.47. The first-order valence-corrected chi connectivity index (χ1v) is 5.67. The van der Waals surface area contributed by atoms with E-state index in [1.165, 1.54) is 5.56 Å². The maximum atomic E-state index is 10.8. The Hall–Kier alpha value is -1.39. The van der Waals surface area contributed by atoms with Crippen LogP contribution in [-0.4, -0.2) is 30.3 Å². The van der Waals surface area contributed by atoms with Crippen molar-refractivity contribution in [2.75, 3.05) is 13.2 Å². The number of aliphatic carboxylic acids is 1. The fraction of sp³-hybridized carbons (Fsp3) is 0.462. The molecule has 3 N–H and O–H groups in total. The molecule has 0 saturated carbocycles. The average Bonchev–Trinajstić information content (AvgIpc) is 2.24. The number of carboxylic acids is 1. The number of nitrogens with two attached hydrogens (primary N) is 1. The van der Waals surface area contributed by atoms with E-state index >= 15 is 0 Å². The van der Waals surface area contributed by atoms with Crippen LogP contribution >= 0.6 is 0 Å². The van der Waals surface area contributed by atoms with Gasteiger partial charge in [0.25, 0.3) is 0 Å². The molecular formula is C13H17NO3. The first-order chi connectivity index (χ1) is 8.03. The van der Waals surface area contributed by atoms with Crippen molar-refractivity contribution >= 4 is 5.97 Å². The van der Waals surface area contributed by atoms with Gasteiger partial charge in [0.05, 0.1) is 13.2 Å². The van der Waals surface area contributed by atoms with Crippen molar-refractivity contribution in [1.29, 1.82) is 0 Å². The van der Waals surface area contributed by atoms with E-state index in [2.05, 4.69) is 0 Å². The minimum Gasteiger partial charge on any atom is -0.480 e. The van der Waals surface area contributed by atoms with Gasteiger partial charge in [-0.15, -0.1) is 0 Å². The number of carbonyl (C=O) groups is 1. The highest BCUT2D eigenvalue weighted by Gasteiger charge is 2.42. The van der Waals surface area contributed by atoms with Crippen molar-refractivity contribution in [2.24, 2.45) is 5.73 Å². The van der Waals surface area contributed by atoms with Crippen LogP contribution in [0.5, 0.6) is 0 Å². The molecule has 2 rings (SSSR count). The first kappa shape index (κ1) is 12.1. The summed E-state index contributed by atoms with van der Waals surface area (Å²) in [4.78, 5) is 10.8. The maximum absolute atomic E-state index is 10.8. The first-order valence-electron chi connectivity index (χ1n) is 5.67. The van der Waals surface area contributed by atoms with Gasteiger partial charge in [-0.3, -0.25) is 4.79 Å². The molecule has 1 saturated heterocycles. The minimum atomic E-state index is -0.955. The summed E-state index contributed by atoms with van der Waals surface area (Å²) < 4.78 is 5.26. The van der Waals surface area contributed by atoms with Crippen LogP contribution in [0.4, 0.5) is 0 Å². The van der Waals surface area contributed by atoms with Crippen molar-refractivity contribution in [3.05, 3.63) is 35.4 Å². The highest BCUT2D eigenvalue weighted by Crippen LogP contribution is 2.36. The predicted octanol–water partition coefficient (Wildman–Crippen LogP) is 1.07. The Balaban J connectivity index is 2.19. The van der Waals surface area contributed by atoms with Gasteiger partial charge >= 0.3 is 5.97 Å². The summed E-state index contributed by atoms with van der Waals surface area (Å²) in [6.45, 7) is 3.13. The Kier molecular flexibility index (Phi) is 3.17. The molecule has 1 atom stereocenters. The average molecular weight is 235 g/mol. The lowest BCUT2D eigenvalue weighted by Gasteiger charge is -2.43. The van der Waals surface area contributed by atoms with Gasteiger partial charge in [0.15, 0.2) is 0 Å². The summed E-state index contributed by atoms with van der Waals surface area (Å²) >= 11 is 0. The van der Waals surface area contributed by atoms with Crippen LogP contribution in [0.3, 0.4) is 0 Å². The lowest BCUT2D eigenvalue weighted by Crippen LogP contribution is -2.51. The molecule has 0 spiro atoms. The number of benzene rings is 1. The van der Waals surface area contributed by atoms with Crippen molar-refractivity contribution in [3.8, 4) is 0 Å². The Morgan fingerprint density at radius 2 is 2.06 bits per heavy atom. The normalized spacial score (nSPS) is 19.4. The van der Waals surface area contributed by atoms with Gasteiger partial charge in [-0.25, -0.2) is 0 Å². The molecular weight excluding hydrogens is 218 g/mol. The van der Waals surface area contributed by atoms with Gasteiger partial charge in [-0.2, -0.15) is 0 Å². The molecule has 0 aliphatic carbocycles. The molecule has 1 aromatic rings. The van der Waals surface area contributed by atoms with Crippen LogP contribution < -0.4 is 5.73 Å². The van der Waals surface area contributed by atoms with Crippen molar-refractivity contribution in [1.82, 2.24) is 0 Å². The van der Waals surface area contributed by atoms with Gasteiger partial charge in [0.2, 0.25) is 0 Å². The largest absolute Gasteiger partial charge is 0.480 e. The molecule has 1 aromatic carbocycles. The highest BCUT2D eigenvalue weighted by molar-refractivity contribution is 5.73. The van der Waals surface area contributed by atoms with E-state index in [9.17, 15) is 4.79 Å². The van der Waals surface area contributed by atoms with E-state index in [1.807, 2.05) is 31.2 Å². The summed E-state index contributed by atoms with van der Waals surface area (Å²) in [6.07, 6.45) is 0.422. The zero-order valence-corrected chi connectivity index (χ0v) is 9.85. The summed E-state index contributed by atoms with van der Waals surface area (Å²) in [7, 11) is 0. The van der Waals surface area contributed by atoms with Crippen LogP contribution in [0.2, 0.25) is 0 Å². The lowest BCUT2D eigenvalue weighted by molar-refractivity contribution is -0.141. The summed E-state index contributed by atoms with van der Waals surface area (Å²) in [5.41, 5.74) is 7.71. The van der Waals surface area contributed by atoms with E-state index in [4.69, 9.17) is 15.6 Å². The van der Waals surface area contributed by atoms with Gasteiger partial charge in [0, 0.05) is 5.41 Å². The Morgan fingerprint density at radius 3 is 2.47 bits per heavy atom. The number of hydrogen-bond acceptors (Lipinski definition) is 3. The molecule has 1 aliphatic heterocycles. The number of hydrogen-bond donors (Lipinski definition) is 2. The van der Waals surface area contributed by atoms with E-state index in [-0.39, 0.29) is 5.41 Å². The summed E-state index contributed by atoms with van der Waals surface area (Å²) in [6, 6.07) is 7.29. The minimum absolute atomic E-state index is 0.217. The molecule has 4 nitrogen and oxygen atoms in total. The molecule has 0 amide bonds. The van der Waals surface area contributed by atoms with Crippen molar-refractivity contribution in [3.63, 3.8) is 0 Å². The number of ether oxygens (including phenoxy) is 1. The van der Waals surface area contributed by atoms with Gasteiger partial charge < -0.3 is 15.6 Å². The number of rotatable bonds is 4. The standard InChI is InChI=1S/C13H17NO3/c1-9-2-4-10(5-3-9)13(7-17-8-13)6-11(14)12(15)16/h2-5,11H,6-8,14H2,1H3,(H,15,16). The molecule has 0 aromatic heterocycles. The summed E-state index contributed by atoms with van der Waals surface area (Å²) in [5.74, 6) is -0.955. The predicted molar refractivity (Wildman–Crippen MR) is 63.9 cm³/mol. The third kappa shape index (κ3) is 2.33.